The second-order valence-electron chi connectivity index (χ2n) is 12.3. The van der Waals surface area contributed by atoms with Crippen LogP contribution in [0.2, 0.25) is 0 Å². The normalized spacial score (nSPS) is 18.1. The summed E-state index contributed by atoms with van der Waals surface area (Å²) in [5, 5.41) is 24.5. The highest BCUT2D eigenvalue weighted by Crippen LogP contribution is 2.33. The fourth-order valence-electron chi connectivity index (χ4n) is 5.99. The van der Waals surface area contributed by atoms with E-state index in [-0.39, 0.29) is 29.4 Å². The van der Waals surface area contributed by atoms with Crippen LogP contribution in [0.5, 0.6) is 0 Å². The molecule has 43 heavy (non-hydrogen) atoms. The van der Waals surface area contributed by atoms with Crippen molar-refractivity contribution >= 4 is 5.78 Å². The fourth-order valence-corrected chi connectivity index (χ4v) is 5.99. The minimum atomic E-state index is -0.918. The van der Waals surface area contributed by atoms with Crippen LogP contribution in [0.3, 0.4) is 0 Å². The maximum atomic E-state index is 14.3. The number of aromatic nitrogens is 4. The van der Waals surface area contributed by atoms with E-state index in [0.29, 0.717) is 35.6 Å². The first-order valence-corrected chi connectivity index (χ1v) is 15.2. The highest BCUT2D eigenvalue weighted by Gasteiger charge is 2.31. The van der Waals surface area contributed by atoms with Gasteiger partial charge in [0.2, 0.25) is 5.78 Å². The summed E-state index contributed by atoms with van der Waals surface area (Å²) in [5.74, 6) is 0.760. The lowest BCUT2D eigenvalue weighted by atomic mass is 9.91. The smallest absolute Gasteiger partial charge is 0.259 e. The topological polar surface area (TPSA) is 105 Å². The molecule has 2 heterocycles. The standard InChI is InChI=1S/C34H40FN5O3/c1-6-7-31-30(18-23-8-10-24(11-9-23)29-17-12-26(35)19-25(29)20-36)32(41)39(33-37-22(3)38-40(31)33)27-13-15-28(16-14-27)43-21(2)34(4,5)42/h8-12,17,19,21,27-28,42H,6-7,13-16,18H2,1-5H3. The molecular formula is C34H40FN5O3. The third kappa shape index (κ3) is 6.41. The molecule has 1 saturated carbocycles. The van der Waals surface area contributed by atoms with Crippen molar-refractivity contribution < 1.29 is 14.2 Å². The number of aliphatic hydroxyl groups is 1. The highest BCUT2D eigenvalue weighted by molar-refractivity contribution is 5.70. The van der Waals surface area contributed by atoms with E-state index in [1.807, 2.05) is 47.2 Å². The molecule has 1 atom stereocenters. The molecule has 0 bridgehead atoms. The number of hydrogen-bond donors (Lipinski definition) is 1. The molecule has 2 aromatic carbocycles. The lowest BCUT2D eigenvalue weighted by molar-refractivity contribution is -0.118. The third-order valence-electron chi connectivity index (χ3n) is 8.63. The average Bonchev–Trinajstić information content (AvgIpc) is 3.36. The predicted molar refractivity (Wildman–Crippen MR) is 163 cm³/mol. The van der Waals surface area contributed by atoms with Crippen LogP contribution in [0.15, 0.2) is 47.3 Å². The van der Waals surface area contributed by atoms with Gasteiger partial charge in [-0.3, -0.25) is 9.36 Å². The van der Waals surface area contributed by atoms with E-state index in [1.165, 1.54) is 12.1 Å². The summed E-state index contributed by atoms with van der Waals surface area (Å²) < 4.78 is 23.6. The molecule has 0 spiro atoms. The van der Waals surface area contributed by atoms with Crippen LogP contribution in [0.4, 0.5) is 4.39 Å². The number of ether oxygens (including phenoxy) is 1. The molecule has 9 heteroatoms. The summed E-state index contributed by atoms with van der Waals surface area (Å²) in [5.41, 5.74) is 3.35. The number of nitriles is 1. The van der Waals surface area contributed by atoms with E-state index in [9.17, 15) is 19.6 Å². The Morgan fingerprint density at radius 1 is 1.16 bits per heavy atom. The molecule has 226 valence electrons. The SMILES string of the molecule is CCCc1c(Cc2ccc(-c3ccc(F)cc3C#N)cc2)c(=O)n(C2CCC(OC(C)C(C)(C)O)CC2)c2nc(C)nn12. The second-order valence-corrected chi connectivity index (χ2v) is 12.3. The quantitative estimate of drug-likeness (QED) is 0.255. The Balaban J connectivity index is 1.48. The van der Waals surface area contributed by atoms with Gasteiger partial charge in [0, 0.05) is 18.0 Å². The van der Waals surface area contributed by atoms with Gasteiger partial charge in [0.1, 0.15) is 11.6 Å². The minimum absolute atomic E-state index is 0.0315. The number of nitrogens with zero attached hydrogens (tertiary/aromatic N) is 5. The van der Waals surface area contributed by atoms with Crippen molar-refractivity contribution in [3.05, 3.63) is 86.8 Å². The second kappa shape index (κ2) is 12.4. The van der Waals surface area contributed by atoms with E-state index in [4.69, 9.17) is 14.8 Å². The summed E-state index contributed by atoms with van der Waals surface area (Å²) in [6.45, 7) is 9.35. The maximum Gasteiger partial charge on any atom is 0.259 e. The van der Waals surface area contributed by atoms with Crippen LogP contribution in [-0.2, 0) is 17.6 Å². The van der Waals surface area contributed by atoms with Gasteiger partial charge in [-0.25, -0.2) is 8.91 Å². The van der Waals surface area contributed by atoms with Crippen molar-refractivity contribution in [1.29, 1.82) is 5.26 Å². The molecular weight excluding hydrogens is 545 g/mol. The number of aryl methyl sites for hydroxylation is 2. The van der Waals surface area contributed by atoms with E-state index in [2.05, 4.69) is 13.0 Å². The van der Waals surface area contributed by atoms with Gasteiger partial charge in [-0.1, -0.05) is 43.7 Å². The van der Waals surface area contributed by atoms with Crippen LogP contribution < -0.4 is 5.56 Å². The molecule has 0 aliphatic heterocycles. The van der Waals surface area contributed by atoms with E-state index < -0.39 is 11.4 Å². The van der Waals surface area contributed by atoms with Crippen molar-refractivity contribution in [3.8, 4) is 17.2 Å². The molecule has 2 aromatic heterocycles. The molecule has 0 saturated heterocycles. The van der Waals surface area contributed by atoms with E-state index >= 15 is 0 Å². The molecule has 0 radical (unpaired) electrons. The summed E-state index contributed by atoms with van der Waals surface area (Å²) in [4.78, 5) is 19.0. The van der Waals surface area contributed by atoms with E-state index in [1.54, 1.807) is 19.9 Å². The van der Waals surface area contributed by atoms with Gasteiger partial charge >= 0.3 is 0 Å². The van der Waals surface area contributed by atoms with Gasteiger partial charge in [0.15, 0.2) is 0 Å². The van der Waals surface area contributed by atoms with Gasteiger partial charge in [0.05, 0.1) is 35.1 Å². The van der Waals surface area contributed by atoms with Crippen LogP contribution >= 0.6 is 0 Å². The van der Waals surface area contributed by atoms with E-state index in [0.717, 1.165) is 48.9 Å². The van der Waals surface area contributed by atoms with Crippen molar-refractivity contribution in [2.24, 2.45) is 0 Å². The Bertz CT molecular complexity index is 1700. The van der Waals surface area contributed by atoms with Gasteiger partial charge in [-0.2, -0.15) is 15.3 Å². The molecule has 4 aromatic rings. The number of rotatable bonds is 9. The molecule has 8 nitrogen and oxygen atoms in total. The summed E-state index contributed by atoms with van der Waals surface area (Å²) >= 11 is 0. The zero-order valence-corrected chi connectivity index (χ0v) is 25.6. The molecule has 1 unspecified atom stereocenters. The zero-order chi connectivity index (χ0) is 30.9. The molecule has 0 amide bonds. The Kier molecular flexibility index (Phi) is 8.81. The Morgan fingerprint density at radius 2 is 1.86 bits per heavy atom. The molecule has 5 rings (SSSR count). The molecule has 1 fully saturated rings. The minimum Gasteiger partial charge on any atom is -0.388 e. The third-order valence-corrected chi connectivity index (χ3v) is 8.63. The van der Waals surface area contributed by atoms with Crippen molar-refractivity contribution in [2.75, 3.05) is 0 Å². The summed E-state index contributed by atoms with van der Waals surface area (Å²) in [6.07, 6.45) is 4.84. The fraction of sp³-hybridized carbons (Fsp3) is 0.471. The zero-order valence-electron chi connectivity index (χ0n) is 25.6. The van der Waals surface area contributed by atoms with Gasteiger partial charge in [-0.15, -0.1) is 0 Å². The van der Waals surface area contributed by atoms with Crippen molar-refractivity contribution in [2.45, 2.75) is 103 Å². The van der Waals surface area contributed by atoms with Crippen molar-refractivity contribution in [1.82, 2.24) is 19.2 Å². The Labute approximate surface area is 251 Å². The Hall–Kier alpha value is -3.87. The summed E-state index contributed by atoms with van der Waals surface area (Å²) in [6, 6.07) is 14.0. The maximum absolute atomic E-state index is 14.3. The number of benzene rings is 2. The Morgan fingerprint density at radius 3 is 2.49 bits per heavy atom. The van der Waals surface area contributed by atoms with Crippen LogP contribution in [0, 0.1) is 24.1 Å². The average molecular weight is 586 g/mol. The lowest BCUT2D eigenvalue weighted by Crippen LogP contribution is -2.40. The lowest BCUT2D eigenvalue weighted by Gasteiger charge is -2.35. The number of halogens is 1. The summed E-state index contributed by atoms with van der Waals surface area (Å²) in [7, 11) is 0. The number of hydrogen-bond acceptors (Lipinski definition) is 6. The molecule has 1 aliphatic rings. The van der Waals surface area contributed by atoms with Crippen LogP contribution in [0.25, 0.3) is 16.9 Å². The van der Waals surface area contributed by atoms with Gasteiger partial charge < -0.3 is 9.84 Å². The molecule has 1 aliphatic carbocycles. The molecule has 1 N–H and O–H groups in total. The monoisotopic (exact) mass is 585 g/mol. The van der Waals surface area contributed by atoms with Crippen molar-refractivity contribution in [3.63, 3.8) is 0 Å². The number of fused-ring (bicyclic) bond motifs is 1. The first-order valence-electron chi connectivity index (χ1n) is 15.2. The van der Waals surface area contributed by atoms with Crippen LogP contribution in [-0.4, -0.2) is 42.1 Å². The first-order chi connectivity index (χ1) is 20.5. The van der Waals surface area contributed by atoms with Crippen LogP contribution in [0.1, 0.15) is 94.0 Å². The van der Waals surface area contributed by atoms with Gasteiger partial charge in [0.25, 0.3) is 5.56 Å². The first kappa shape index (κ1) is 30.6. The highest BCUT2D eigenvalue weighted by atomic mass is 19.1. The predicted octanol–water partition coefficient (Wildman–Crippen LogP) is 6.08. The van der Waals surface area contributed by atoms with Gasteiger partial charge in [-0.05, 0) is 88.6 Å². The largest absolute Gasteiger partial charge is 0.388 e.